The first-order valence-corrected chi connectivity index (χ1v) is 21.7. The largest absolute Gasteiger partial charge is 0.135 e. The molecule has 1 atom stereocenters. The lowest BCUT2D eigenvalue weighted by Gasteiger charge is -2.25. The van der Waals surface area contributed by atoms with Crippen molar-refractivity contribution in [2.45, 2.75) is 38.0 Å². The molecule has 59 heavy (non-hydrogen) atoms. The Morgan fingerprint density at radius 3 is 1.83 bits per heavy atom. The van der Waals surface area contributed by atoms with E-state index in [4.69, 9.17) is 0 Å². The van der Waals surface area contributed by atoms with Crippen molar-refractivity contribution in [3.63, 3.8) is 0 Å². The normalized spacial score (nSPS) is 13.5. The van der Waals surface area contributed by atoms with E-state index in [0.29, 0.717) is 0 Å². The van der Waals surface area contributed by atoms with Gasteiger partial charge in [-0.25, -0.2) is 0 Å². The second-order valence-corrected chi connectivity index (χ2v) is 17.9. The summed E-state index contributed by atoms with van der Waals surface area (Å²) in [6.45, 7) is 4.81. The molecule has 0 bridgehead atoms. The lowest BCUT2D eigenvalue weighted by molar-refractivity contribution is 0.654. The standard InChI is InChI=1S/C58H44S/c1-58(2)54-36-45(39-11-4-3-5-12-39)28-32-50(54)51-33-29-46(37-55(51)58)47(42-24-26-43(27-25-42)49-17-10-14-41-13-6-7-15-48(41)49)31-21-38-19-22-40(23-20-38)44-30-34-57-53(35-44)52-16-8-9-18-56(52)59-57/h3-20,22-30,32-37,47H,21,31H2,1-2H3. The molecule has 0 saturated carbocycles. The van der Waals surface area contributed by atoms with Crippen LogP contribution >= 0.6 is 11.3 Å². The second kappa shape index (κ2) is 14.4. The highest BCUT2D eigenvalue weighted by atomic mass is 32.1. The number of benzene rings is 9. The van der Waals surface area contributed by atoms with Crippen LogP contribution in [0.4, 0.5) is 0 Å². The SMILES string of the molecule is CC1(C)c2cc(-c3ccccc3)ccc2-c2ccc(C(CCc3ccc(-c4ccc5sc6ccccc6c5c4)cc3)c3ccc(-c4cccc5ccccc45)cc3)cc21. The van der Waals surface area contributed by atoms with E-state index in [1.165, 1.54) is 103 Å². The average Bonchev–Trinajstić information content (AvgIpc) is 3.77. The van der Waals surface area contributed by atoms with Gasteiger partial charge in [-0.3, -0.25) is 0 Å². The molecule has 1 heteroatoms. The number of thiophene rings is 1. The van der Waals surface area contributed by atoms with Crippen molar-refractivity contribution in [1.82, 2.24) is 0 Å². The fourth-order valence-electron chi connectivity index (χ4n) is 9.76. The third-order valence-electron chi connectivity index (χ3n) is 13.0. The quantitative estimate of drug-likeness (QED) is 0.144. The Kier molecular flexibility index (Phi) is 8.68. The van der Waals surface area contributed by atoms with Gasteiger partial charge in [0.25, 0.3) is 0 Å². The fraction of sp³-hybridized carbons (Fsp3) is 0.103. The van der Waals surface area contributed by atoms with Gasteiger partial charge in [0.2, 0.25) is 0 Å². The summed E-state index contributed by atoms with van der Waals surface area (Å²) >= 11 is 1.88. The number of fused-ring (bicyclic) bond motifs is 7. The van der Waals surface area contributed by atoms with Gasteiger partial charge in [0.05, 0.1) is 0 Å². The fourth-order valence-corrected chi connectivity index (χ4v) is 10.8. The minimum absolute atomic E-state index is 0.109. The third-order valence-corrected chi connectivity index (χ3v) is 14.2. The molecule has 0 fully saturated rings. The van der Waals surface area contributed by atoms with E-state index in [1.54, 1.807) is 0 Å². The Balaban J connectivity index is 0.928. The smallest absolute Gasteiger partial charge is 0.0355 e. The molecule has 10 aromatic rings. The van der Waals surface area contributed by atoms with Gasteiger partial charge in [-0.15, -0.1) is 11.3 Å². The zero-order chi connectivity index (χ0) is 39.5. The van der Waals surface area contributed by atoms with Crippen molar-refractivity contribution < 1.29 is 0 Å². The van der Waals surface area contributed by atoms with Gasteiger partial charge >= 0.3 is 0 Å². The maximum Gasteiger partial charge on any atom is 0.0355 e. The first-order chi connectivity index (χ1) is 29.0. The van der Waals surface area contributed by atoms with Crippen molar-refractivity contribution in [2.75, 3.05) is 0 Å². The van der Waals surface area contributed by atoms with Gasteiger partial charge in [-0.1, -0.05) is 190 Å². The van der Waals surface area contributed by atoms with Crippen molar-refractivity contribution in [1.29, 1.82) is 0 Å². The summed E-state index contributed by atoms with van der Waals surface area (Å²) in [5, 5.41) is 5.26. The molecule has 11 rings (SSSR count). The third kappa shape index (κ3) is 6.29. The summed E-state index contributed by atoms with van der Waals surface area (Å²) in [6.07, 6.45) is 2.01. The van der Waals surface area contributed by atoms with Crippen LogP contribution in [0.25, 0.3) is 75.5 Å². The summed E-state index contributed by atoms with van der Waals surface area (Å²) in [7, 11) is 0. The maximum atomic E-state index is 2.54. The van der Waals surface area contributed by atoms with Crippen LogP contribution < -0.4 is 0 Å². The predicted molar refractivity (Wildman–Crippen MR) is 254 cm³/mol. The van der Waals surface area contributed by atoms with Crippen LogP contribution in [0.3, 0.4) is 0 Å². The summed E-state index contributed by atoms with van der Waals surface area (Å²) in [5.41, 5.74) is 17.2. The minimum Gasteiger partial charge on any atom is -0.135 e. The van der Waals surface area contributed by atoms with E-state index in [-0.39, 0.29) is 11.3 Å². The monoisotopic (exact) mass is 772 g/mol. The topological polar surface area (TPSA) is 0 Å². The lowest BCUT2D eigenvalue weighted by Crippen LogP contribution is -2.16. The summed E-state index contributed by atoms with van der Waals surface area (Å²) in [6, 6.07) is 75.0. The average molecular weight is 773 g/mol. The summed E-state index contributed by atoms with van der Waals surface area (Å²) in [4.78, 5) is 0. The molecular formula is C58H44S. The van der Waals surface area contributed by atoms with E-state index in [1.807, 2.05) is 11.3 Å². The van der Waals surface area contributed by atoms with Crippen LogP contribution in [0.2, 0.25) is 0 Å². The van der Waals surface area contributed by atoms with E-state index in [0.717, 1.165) is 12.8 Å². The van der Waals surface area contributed by atoms with Gasteiger partial charge < -0.3 is 0 Å². The Morgan fingerprint density at radius 1 is 0.407 bits per heavy atom. The zero-order valence-electron chi connectivity index (χ0n) is 33.5. The molecule has 0 aliphatic heterocycles. The maximum absolute atomic E-state index is 2.54. The van der Waals surface area contributed by atoms with Crippen LogP contribution in [-0.4, -0.2) is 0 Å². The number of hydrogen-bond donors (Lipinski definition) is 0. The van der Waals surface area contributed by atoms with E-state index < -0.39 is 0 Å². The first-order valence-electron chi connectivity index (χ1n) is 20.9. The van der Waals surface area contributed by atoms with Crippen LogP contribution in [0.1, 0.15) is 54.0 Å². The van der Waals surface area contributed by atoms with Gasteiger partial charge in [0, 0.05) is 31.5 Å². The molecule has 0 radical (unpaired) electrons. The molecule has 1 heterocycles. The molecule has 0 N–H and O–H groups in total. The van der Waals surface area contributed by atoms with Crippen LogP contribution in [0.5, 0.6) is 0 Å². The van der Waals surface area contributed by atoms with Gasteiger partial charge in [0.1, 0.15) is 0 Å². The lowest BCUT2D eigenvalue weighted by atomic mass is 9.79. The second-order valence-electron chi connectivity index (χ2n) is 16.8. The van der Waals surface area contributed by atoms with Crippen LogP contribution in [0.15, 0.2) is 200 Å². The molecule has 0 saturated heterocycles. The minimum atomic E-state index is -0.109. The van der Waals surface area contributed by atoms with Crippen molar-refractivity contribution in [3.05, 3.63) is 228 Å². The van der Waals surface area contributed by atoms with Gasteiger partial charge in [-0.05, 0) is 120 Å². The molecule has 0 amide bonds. The molecule has 1 aliphatic carbocycles. The highest BCUT2D eigenvalue weighted by Crippen LogP contribution is 2.51. The highest BCUT2D eigenvalue weighted by molar-refractivity contribution is 7.25. The molecular weight excluding hydrogens is 729 g/mol. The van der Waals surface area contributed by atoms with Gasteiger partial charge in [0.15, 0.2) is 0 Å². The molecule has 0 spiro atoms. The Morgan fingerprint density at radius 2 is 1.00 bits per heavy atom. The van der Waals surface area contributed by atoms with Gasteiger partial charge in [-0.2, -0.15) is 0 Å². The van der Waals surface area contributed by atoms with Crippen LogP contribution in [-0.2, 0) is 11.8 Å². The Hall–Kier alpha value is -6.54. The predicted octanol–water partition coefficient (Wildman–Crippen LogP) is 16.3. The Bertz CT molecular complexity index is 3160. The zero-order valence-corrected chi connectivity index (χ0v) is 34.3. The number of hydrogen-bond acceptors (Lipinski definition) is 1. The Labute approximate surface area is 351 Å². The summed E-state index contributed by atoms with van der Waals surface area (Å²) < 4.78 is 2.69. The van der Waals surface area contributed by atoms with Crippen molar-refractivity contribution in [3.8, 4) is 44.5 Å². The highest BCUT2D eigenvalue weighted by Gasteiger charge is 2.36. The number of rotatable bonds is 8. The summed E-state index contributed by atoms with van der Waals surface area (Å²) in [5.74, 6) is 0.246. The van der Waals surface area contributed by atoms with Crippen molar-refractivity contribution >= 4 is 42.3 Å². The molecule has 1 aromatic heterocycles. The molecule has 1 aliphatic rings. The van der Waals surface area contributed by atoms with E-state index >= 15 is 0 Å². The molecule has 282 valence electrons. The number of aryl methyl sites for hydroxylation is 1. The van der Waals surface area contributed by atoms with Crippen molar-refractivity contribution in [2.24, 2.45) is 0 Å². The van der Waals surface area contributed by atoms with Crippen LogP contribution in [0, 0.1) is 0 Å². The first kappa shape index (κ1) is 35.6. The molecule has 0 nitrogen and oxygen atoms in total. The molecule has 9 aromatic carbocycles. The molecule has 1 unspecified atom stereocenters. The van der Waals surface area contributed by atoms with E-state index in [2.05, 4.69) is 214 Å². The van der Waals surface area contributed by atoms with E-state index in [9.17, 15) is 0 Å².